The molecular formula is C11H17N5O. The van der Waals surface area contributed by atoms with Crippen molar-refractivity contribution in [2.24, 2.45) is 11.7 Å². The highest BCUT2D eigenvalue weighted by atomic mass is 16.1. The van der Waals surface area contributed by atoms with Gasteiger partial charge in [-0.05, 0) is 19.8 Å². The number of anilines is 2. The number of nitrogens with zero attached hydrogens (tertiary/aromatic N) is 3. The standard InChI is InChI=1S/C11H17N5O/c1-7-2-3-8(11(13)17)6-16(7)10-5-14-4-9(12)15-10/h4-5,7-8H,2-3,6H2,1H3,(H2,12,15)(H2,13,17). The van der Waals surface area contributed by atoms with Crippen molar-refractivity contribution in [3.05, 3.63) is 12.4 Å². The number of nitrogens with two attached hydrogens (primary N) is 2. The minimum absolute atomic E-state index is 0.116. The van der Waals surface area contributed by atoms with Gasteiger partial charge in [-0.2, -0.15) is 0 Å². The van der Waals surface area contributed by atoms with Crippen LogP contribution in [-0.4, -0.2) is 28.5 Å². The Kier molecular flexibility index (Phi) is 3.12. The Bertz CT molecular complexity index is 422. The van der Waals surface area contributed by atoms with Crippen molar-refractivity contribution in [1.82, 2.24) is 9.97 Å². The van der Waals surface area contributed by atoms with E-state index in [1.165, 1.54) is 6.20 Å². The van der Waals surface area contributed by atoms with E-state index < -0.39 is 0 Å². The van der Waals surface area contributed by atoms with Crippen molar-refractivity contribution >= 4 is 17.5 Å². The van der Waals surface area contributed by atoms with Crippen molar-refractivity contribution in [2.45, 2.75) is 25.8 Å². The summed E-state index contributed by atoms with van der Waals surface area (Å²) < 4.78 is 0. The molecular weight excluding hydrogens is 218 g/mol. The molecule has 6 heteroatoms. The van der Waals surface area contributed by atoms with E-state index in [0.29, 0.717) is 24.2 Å². The minimum Gasteiger partial charge on any atom is -0.382 e. The lowest BCUT2D eigenvalue weighted by atomic mass is 9.93. The molecule has 2 atom stereocenters. The van der Waals surface area contributed by atoms with E-state index in [-0.39, 0.29) is 11.8 Å². The number of carbonyl (C=O) groups is 1. The highest BCUT2D eigenvalue weighted by Crippen LogP contribution is 2.26. The van der Waals surface area contributed by atoms with Gasteiger partial charge >= 0.3 is 0 Å². The molecule has 1 aromatic heterocycles. The summed E-state index contributed by atoms with van der Waals surface area (Å²) in [6.45, 7) is 2.69. The third-order valence-electron chi connectivity index (χ3n) is 3.22. The van der Waals surface area contributed by atoms with Crippen molar-refractivity contribution < 1.29 is 4.79 Å². The van der Waals surface area contributed by atoms with Gasteiger partial charge in [0.25, 0.3) is 0 Å². The van der Waals surface area contributed by atoms with Crippen LogP contribution in [-0.2, 0) is 4.79 Å². The van der Waals surface area contributed by atoms with Gasteiger partial charge in [0.15, 0.2) is 0 Å². The molecule has 2 heterocycles. The van der Waals surface area contributed by atoms with E-state index >= 15 is 0 Å². The minimum atomic E-state index is -0.251. The van der Waals surface area contributed by atoms with Crippen LogP contribution < -0.4 is 16.4 Å². The maximum atomic E-state index is 11.2. The molecule has 17 heavy (non-hydrogen) atoms. The maximum Gasteiger partial charge on any atom is 0.222 e. The smallest absolute Gasteiger partial charge is 0.222 e. The second kappa shape index (κ2) is 4.57. The number of primary amides is 1. The Morgan fingerprint density at radius 1 is 1.47 bits per heavy atom. The van der Waals surface area contributed by atoms with Gasteiger partial charge in [-0.3, -0.25) is 9.78 Å². The van der Waals surface area contributed by atoms with E-state index in [4.69, 9.17) is 11.5 Å². The van der Waals surface area contributed by atoms with Gasteiger partial charge in [0, 0.05) is 12.6 Å². The summed E-state index contributed by atoms with van der Waals surface area (Å²) >= 11 is 0. The van der Waals surface area contributed by atoms with Crippen LogP contribution in [0, 0.1) is 5.92 Å². The van der Waals surface area contributed by atoms with Crippen LogP contribution in [0.5, 0.6) is 0 Å². The Labute approximate surface area is 100 Å². The topological polar surface area (TPSA) is 98.1 Å². The summed E-state index contributed by atoms with van der Waals surface area (Å²) in [5.41, 5.74) is 11.0. The SMILES string of the molecule is CC1CCC(C(N)=O)CN1c1cncc(N)n1. The quantitative estimate of drug-likeness (QED) is 0.760. The Balaban J connectivity index is 2.20. The fraction of sp³-hybridized carbons (Fsp3) is 0.545. The lowest BCUT2D eigenvalue weighted by molar-refractivity contribution is -0.122. The molecule has 1 aromatic rings. The van der Waals surface area contributed by atoms with E-state index in [2.05, 4.69) is 16.9 Å². The molecule has 0 radical (unpaired) electrons. The molecule has 92 valence electrons. The molecule has 6 nitrogen and oxygen atoms in total. The van der Waals surface area contributed by atoms with E-state index in [1.807, 2.05) is 4.90 Å². The second-order valence-corrected chi connectivity index (χ2v) is 4.48. The average molecular weight is 235 g/mol. The highest BCUT2D eigenvalue weighted by Gasteiger charge is 2.29. The zero-order valence-corrected chi connectivity index (χ0v) is 9.84. The lowest BCUT2D eigenvalue weighted by Gasteiger charge is -2.37. The molecule has 2 rings (SSSR count). The monoisotopic (exact) mass is 235 g/mol. The molecule has 1 amide bonds. The van der Waals surface area contributed by atoms with Crippen molar-refractivity contribution in [3.8, 4) is 0 Å². The molecule has 1 aliphatic heterocycles. The number of nitrogen functional groups attached to an aromatic ring is 1. The van der Waals surface area contributed by atoms with Crippen molar-refractivity contribution in [3.63, 3.8) is 0 Å². The van der Waals surface area contributed by atoms with Crippen molar-refractivity contribution in [1.29, 1.82) is 0 Å². The molecule has 1 fully saturated rings. The van der Waals surface area contributed by atoms with Gasteiger partial charge in [0.2, 0.25) is 5.91 Å². The first-order valence-electron chi connectivity index (χ1n) is 5.71. The van der Waals surface area contributed by atoms with Gasteiger partial charge < -0.3 is 16.4 Å². The zero-order valence-electron chi connectivity index (χ0n) is 9.84. The lowest BCUT2D eigenvalue weighted by Crippen LogP contribution is -2.46. The maximum absolute atomic E-state index is 11.2. The average Bonchev–Trinajstić information content (AvgIpc) is 2.29. The first-order chi connectivity index (χ1) is 8.08. The normalized spacial score (nSPS) is 24.6. The number of hydrogen-bond donors (Lipinski definition) is 2. The third kappa shape index (κ3) is 2.46. The molecule has 0 saturated carbocycles. The second-order valence-electron chi connectivity index (χ2n) is 4.48. The summed E-state index contributed by atoms with van der Waals surface area (Å²) in [6, 6.07) is 0.321. The molecule has 1 aliphatic rings. The molecule has 4 N–H and O–H groups in total. The van der Waals surface area contributed by atoms with Crippen LogP contribution in [0.1, 0.15) is 19.8 Å². The zero-order chi connectivity index (χ0) is 12.4. The number of piperidine rings is 1. The van der Waals surface area contributed by atoms with Crippen LogP contribution in [0.4, 0.5) is 11.6 Å². The van der Waals surface area contributed by atoms with Crippen LogP contribution in [0.3, 0.4) is 0 Å². The molecule has 0 bridgehead atoms. The van der Waals surface area contributed by atoms with Gasteiger partial charge in [0.1, 0.15) is 11.6 Å². The summed E-state index contributed by atoms with van der Waals surface area (Å²) in [4.78, 5) is 21.5. The molecule has 0 aliphatic carbocycles. The molecule has 0 aromatic carbocycles. The summed E-state index contributed by atoms with van der Waals surface area (Å²) in [6.07, 6.45) is 4.92. The summed E-state index contributed by atoms with van der Waals surface area (Å²) in [5.74, 6) is 0.729. The predicted octanol–water partition coefficient (Wildman–Crippen LogP) is 0.149. The first kappa shape index (κ1) is 11.6. The fourth-order valence-electron chi connectivity index (χ4n) is 2.17. The van der Waals surface area contributed by atoms with E-state index in [0.717, 1.165) is 12.8 Å². The largest absolute Gasteiger partial charge is 0.382 e. The number of carbonyl (C=O) groups excluding carboxylic acids is 1. The third-order valence-corrected chi connectivity index (χ3v) is 3.22. The van der Waals surface area contributed by atoms with Crippen molar-refractivity contribution in [2.75, 3.05) is 17.2 Å². The van der Waals surface area contributed by atoms with Gasteiger partial charge in [-0.15, -0.1) is 0 Å². The van der Waals surface area contributed by atoms with Gasteiger partial charge in [-0.1, -0.05) is 0 Å². The number of aromatic nitrogens is 2. The number of hydrogen-bond acceptors (Lipinski definition) is 5. The number of amides is 1. The van der Waals surface area contributed by atoms with E-state index in [9.17, 15) is 4.79 Å². The first-order valence-corrected chi connectivity index (χ1v) is 5.71. The van der Waals surface area contributed by atoms with E-state index in [1.54, 1.807) is 6.20 Å². The predicted molar refractivity (Wildman–Crippen MR) is 65.2 cm³/mol. The Morgan fingerprint density at radius 3 is 2.88 bits per heavy atom. The summed E-state index contributed by atoms with van der Waals surface area (Å²) in [5, 5.41) is 0. The number of rotatable bonds is 2. The fourth-order valence-corrected chi connectivity index (χ4v) is 2.17. The Morgan fingerprint density at radius 2 is 2.24 bits per heavy atom. The van der Waals surface area contributed by atoms with Crippen LogP contribution >= 0.6 is 0 Å². The van der Waals surface area contributed by atoms with Gasteiger partial charge in [-0.25, -0.2) is 4.98 Å². The van der Waals surface area contributed by atoms with Gasteiger partial charge in [0.05, 0.1) is 18.3 Å². The highest BCUT2D eigenvalue weighted by molar-refractivity contribution is 5.77. The van der Waals surface area contributed by atoms with Crippen LogP contribution in [0.2, 0.25) is 0 Å². The summed E-state index contributed by atoms with van der Waals surface area (Å²) in [7, 11) is 0. The molecule has 2 unspecified atom stereocenters. The Hall–Kier alpha value is -1.85. The van der Waals surface area contributed by atoms with Crippen LogP contribution in [0.15, 0.2) is 12.4 Å². The molecule has 0 spiro atoms. The van der Waals surface area contributed by atoms with Crippen LogP contribution in [0.25, 0.3) is 0 Å². The molecule has 1 saturated heterocycles.